The van der Waals surface area contributed by atoms with E-state index in [4.69, 9.17) is 25.9 Å². The Balaban J connectivity index is 0. The quantitative estimate of drug-likeness (QED) is 0.601. The Hall–Kier alpha value is -1.64. The van der Waals surface area contributed by atoms with Gasteiger partial charge in [-0.05, 0) is 31.7 Å². The third kappa shape index (κ3) is 8.53. The molecule has 132 valence electrons. The molecule has 0 spiro atoms. The number of aryl methyl sites for hydroxylation is 2. The fourth-order valence-corrected chi connectivity index (χ4v) is 2.86. The van der Waals surface area contributed by atoms with Gasteiger partial charge in [-0.2, -0.15) is 0 Å². The van der Waals surface area contributed by atoms with E-state index >= 15 is 0 Å². The van der Waals surface area contributed by atoms with Crippen molar-refractivity contribution in [3.8, 4) is 0 Å². The highest BCUT2D eigenvalue weighted by molar-refractivity contribution is 7.10. The van der Waals surface area contributed by atoms with Crippen LogP contribution in [0.2, 0.25) is 0 Å². The number of amides is 3. The van der Waals surface area contributed by atoms with Crippen molar-refractivity contribution in [2.45, 2.75) is 26.8 Å². The molecule has 7 nitrogen and oxygen atoms in total. The number of carbonyl (C=O) groups excluding carboxylic acids is 3. The number of thiophene rings is 1. The first kappa shape index (κ1) is 23.6. The summed E-state index contributed by atoms with van der Waals surface area (Å²) in [7, 11) is 1.63. The molecule has 1 atom stereocenters. The van der Waals surface area contributed by atoms with Crippen molar-refractivity contribution in [1.82, 2.24) is 0 Å². The molecule has 4 N–H and O–H groups in total. The average molecular weight is 366 g/mol. The Bertz CT molecular complexity index is 457. The molecule has 0 aromatic carbocycles. The van der Waals surface area contributed by atoms with Gasteiger partial charge >= 0.3 is 0 Å². The molecule has 0 fully saturated rings. The molecule has 0 radical (unpaired) electrons. The Morgan fingerprint density at radius 2 is 1.87 bits per heavy atom. The van der Waals surface area contributed by atoms with Gasteiger partial charge in [-0.25, -0.2) is 0 Å². The minimum Gasteiger partial charge on any atom is -0.383 e. The molecule has 0 aliphatic heterocycles. The number of primary amides is 2. The lowest BCUT2D eigenvalue weighted by Crippen LogP contribution is -2.42. The number of methoxy groups -OCH3 is 1. The van der Waals surface area contributed by atoms with Crippen LogP contribution in [0.5, 0.6) is 0 Å². The summed E-state index contributed by atoms with van der Waals surface area (Å²) in [5, 5.41) is 2.05. The molecule has 1 heterocycles. The van der Waals surface area contributed by atoms with Gasteiger partial charge in [0, 0.05) is 12.0 Å². The first-order valence-electron chi connectivity index (χ1n) is 6.58. The molecule has 0 aliphatic rings. The number of anilines is 1. The lowest BCUT2D eigenvalue weighted by Gasteiger charge is -2.29. The van der Waals surface area contributed by atoms with Crippen molar-refractivity contribution < 1.29 is 19.1 Å². The zero-order valence-corrected chi connectivity index (χ0v) is 15.3. The van der Waals surface area contributed by atoms with Crippen LogP contribution >= 0.6 is 22.9 Å². The number of hydrogen-bond acceptors (Lipinski definition) is 5. The zero-order chi connectivity index (χ0) is 18.4. The van der Waals surface area contributed by atoms with E-state index in [9.17, 15) is 4.79 Å². The number of halogens is 1. The first-order valence-corrected chi connectivity index (χ1v) is 7.99. The second-order valence-electron chi connectivity index (χ2n) is 4.30. The smallest absolute Gasteiger partial charge is 0.242 e. The lowest BCUT2D eigenvalue weighted by molar-refractivity contribution is -0.117. The van der Waals surface area contributed by atoms with Crippen LogP contribution in [0.3, 0.4) is 0 Å². The largest absolute Gasteiger partial charge is 0.383 e. The Labute approximate surface area is 145 Å². The highest BCUT2D eigenvalue weighted by Crippen LogP contribution is 2.32. The summed E-state index contributed by atoms with van der Waals surface area (Å²) in [6.07, 6.45) is 0.500. The van der Waals surface area contributed by atoms with Gasteiger partial charge in [0.25, 0.3) is 0 Å². The molecule has 0 bridgehead atoms. The summed E-state index contributed by atoms with van der Waals surface area (Å²) in [4.78, 5) is 32.0. The number of nitrogens with zero attached hydrogens (tertiary/aromatic N) is 1. The molecule has 1 aromatic rings. The Morgan fingerprint density at radius 1 is 1.39 bits per heavy atom. The number of alkyl halides is 1. The van der Waals surface area contributed by atoms with Gasteiger partial charge in [-0.3, -0.25) is 14.4 Å². The van der Waals surface area contributed by atoms with E-state index in [-0.39, 0.29) is 30.6 Å². The van der Waals surface area contributed by atoms with E-state index in [1.54, 1.807) is 23.3 Å². The topological polar surface area (TPSA) is 116 Å². The van der Waals surface area contributed by atoms with Crippen LogP contribution in [0.15, 0.2) is 5.38 Å². The van der Waals surface area contributed by atoms with E-state index in [0.29, 0.717) is 6.61 Å². The fraction of sp³-hybridized carbons (Fsp3) is 0.500. The van der Waals surface area contributed by atoms with Crippen molar-refractivity contribution in [3.05, 3.63) is 15.8 Å². The summed E-state index contributed by atoms with van der Waals surface area (Å²) < 4.78 is 5.12. The van der Waals surface area contributed by atoms with Crippen molar-refractivity contribution in [2.75, 3.05) is 24.5 Å². The van der Waals surface area contributed by atoms with Crippen LogP contribution in [0.25, 0.3) is 0 Å². The van der Waals surface area contributed by atoms with Gasteiger partial charge in [0.15, 0.2) is 0 Å². The van der Waals surface area contributed by atoms with Gasteiger partial charge in [0.05, 0.1) is 18.3 Å². The number of nitrogens with two attached hydrogens (primary N) is 2. The van der Waals surface area contributed by atoms with Crippen LogP contribution in [0.1, 0.15) is 17.4 Å². The minimum absolute atomic E-state index is 0.0111. The summed E-state index contributed by atoms with van der Waals surface area (Å²) in [5.41, 5.74) is 10.4. The number of rotatable bonds is 5. The molecule has 9 heteroatoms. The molecule has 3 amide bonds. The zero-order valence-electron chi connectivity index (χ0n) is 13.7. The van der Waals surface area contributed by atoms with Crippen molar-refractivity contribution in [3.63, 3.8) is 0 Å². The van der Waals surface area contributed by atoms with Gasteiger partial charge in [-0.15, -0.1) is 22.9 Å². The third-order valence-electron chi connectivity index (χ3n) is 2.59. The lowest BCUT2D eigenvalue weighted by atomic mass is 10.2. The summed E-state index contributed by atoms with van der Waals surface area (Å²) >= 11 is 7.33. The maximum absolute atomic E-state index is 12.0. The molecule has 0 saturated heterocycles. The highest BCUT2D eigenvalue weighted by Gasteiger charge is 2.24. The predicted molar refractivity (Wildman–Crippen MR) is 93.8 cm³/mol. The average Bonchev–Trinajstić information content (AvgIpc) is 2.81. The molecule has 1 unspecified atom stereocenters. The monoisotopic (exact) mass is 365 g/mol. The van der Waals surface area contributed by atoms with E-state index in [0.717, 1.165) is 16.1 Å². The van der Waals surface area contributed by atoms with Gasteiger partial charge < -0.3 is 21.1 Å². The second kappa shape index (κ2) is 14.0. The molecule has 0 saturated carbocycles. The van der Waals surface area contributed by atoms with Crippen molar-refractivity contribution in [1.29, 1.82) is 0 Å². The number of carbonyl (C=O) groups is 3. The highest BCUT2D eigenvalue weighted by atomic mass is 35.5. The Kier molecular flexibility index (Phi) is 14.4. The van der Waals surface area contributed by atoms with Crippen LogP contribution < -0.4 is 16.4 Å². The van der Waals surface area contributed by atoms with Gasteiger partial charge in [0.2, 0.25) is 18.7 Å². The number of ether oxygens (including phenoxy) is 1. The fourth-order valence-electron chi connectivity index (χ4n) is 1.90. The normalized spacial score (nSPS) is 10.3. The maximum Gasteiger partial charge on any atom is 0.242 e. The molecule has 1 aromatic heterocycles. The maximum atomic E-state index is 12.0. The summed E-state index contributed by atoms with van der Waals surface area (Å²) in [6, 6.07) is -0.0155. The molecule has 1 rings (SSSR count). The van der Waals surface area contributed by atoms with Crippen LogP contribution in [-0.2, 0) is 19.1 Å². The molecule has 23 heavy (non-hydrogen) atoms. The molecule has 0 aliphatic carbocycles. The van der Waals surface area contributed by atoms with Gasteiger partial charge in [0.1, 0.15) is 5.88 Å². The SMILES string of the molecule is COCC(C)N(C(=O)CCl)c1c(C)csc1C.NC=O.NC=O. The van der Waals surface area contributed by atoms with Crippen LogP contribution in [0, 0.1) is 13.8 Å². The Morgan fingerprint density at radius 3 is 2.17 bits per heavy atom. The first-order chi connectivity index (χ1) is 10.9. The second-order valence-corrected chi connectivity index (χ2v) is 5.65. The van der Waals surface area contributed by atoms with Gasteiger partial charge in [-0.1, -0.05) is 0 Å². The van der Waals surface area contributed by atoms with E-state index < -0.39 is 0 Å². The molecular formula is C14H24ClN3O4S. The summed E-state index contributed by atoms with van der Waals surface area (Å²) in [6.45, 7) is 6.48. The van der Waals surface area contributed by atoms with Crippen molar-refractivity contribution in [2.24, 2.45) is 11.5 Å². The van der Waals surface area contributed by atoms with Crippen molar-refractivity contribution >= 4 is 47.4 Å². The number of hydrogen-bond donors (Lipinski definition) is 2. The van der Waals surface area contributed by atoms with E-state index in [1.165, 1.54) is 0 Å². The van der Waals surface area contributed by atoms with Crippen LogP contribution in [-0.4, -0.2) is 44.4 Å². The third-order valence-corrected chi connectivity index (χ3v) is 3.84. The van der Waals surface area contributed by atoms with Crippen LogP contribution in [0.4, 0.5) is 5.69 Å². The standard InChI is InChI=1S/C12H18ClNO2S.2CH3NO/c1-8-7-17-10(3)12(8)14(11(15)5-13)9(2)6-16-4;2*2-1-3/h7,9H,5-6H2,1-4H3;2*1H,(H2,2,3). The van der Waals surface area contributed by atoms with E-state index in [1.807, 2.05) is 20.8 Å². The van der Waals surface area contributed by atoms with E-state index in [2.05, 4.69) is 16.8 Å². The molecular weight excluding hydrogens is 342 g/mol. The minimum atomic E-state index is -0.0826. The predicted octanol–water partition coefficient (Wildman–Crippen LogP) is 1.17. The summed E-state index contributed by atoms with van der Waals surface area (Å²) in [5.74, 6) is -0.0937.